The van der Waals surface area contributed by atoms with Gasteiger partial charge in [-0.05, 0) is 13.8 Å². The molecule has 1 aliphatic rings. The van der Waals surface area contributed by atoms with Crippen LogP contribution in [0.1, 0.15) is 19.6 Å². The zero-order valence-electron chi connectivity index (χ0n) is 9.85. The third kappa shape index (κ3) is 2.10. The number of halogens is 1. The topological polar surface area (TPSA) is 69.8 Å². The molecule has 1 aromatic heterocycles. The lowest BCUT2D eigenvalue weighted by Gasteiger charge is -2.14. The van der Waals surface area contributed by atoms with Crippen LogP contribution in [0.25, 0.3) is 0 Å². The summed E-state index contributed by atoms with van der Waals surface area (Å²) in [6.45, 7) is 3.76. The van der Waals surface area contributed by atoms with Crippen molar-refractivity contribution in [3.8, 4) is 0 Å². The van der Waals surface area contributed by atoms with Crippen LogP contribution in [-0.4, -0.2) is 41.0 Å². The van der Waals surface area contributed by atoms with E-state index >= 15 is 0 Å². The van der Waals surface area contributed by atoms with Crippen molar-refractivity contribution in [1.29, 1.82) is 0 Å². The molecular formula is C10H14ClN3O3. The predicted octanol–water partition coefficient (Wildman–Crippen LogP) is 1.34. The number of nitrogens with zero attached hydrogens (tertiary/aromatic N) is 3. The molecule has 1 saturated heterocycles. The Hall–Kier alpha value is -1.27. The molecule has 94 valence electrons. The van der Waals surface area contributed by atoms with Crippen molar-refractivity contribution in [3.05, 3.63) is 11.8 Å². The average molecular weight is 260 g/mol. The Labute approximate surface area is 104 Å². The highest BCUT2D eigenvalue weighted by Crippen LogP contribution is 2.31. The number of hydrogen-bond acceptors (Lipinski definition) is 4. The van der Waals surface area contributed by atoms with E-state index in [1.807, 2.05) is 0 Å². The van der Waals surface area contributed by atoms with Crippen LogP contribution in [0.4, 0.5) is 10.6 Å². The van der Waals surface area contributed by atoms with Crippen LogP contribution in [-0.2, 0) is 4.87 Å². The van der Waals surface area contributed by atoms with Gasteiger partial charge in [0.15, 0.2) is 17.8 Å². The highest BCUT2D eigenvalue weighted by molar-refractivity contribution is 6.23. The molecule has 0 bridgehead atoms. The molecular weight excluding hydrogens is 246 g/mol. The molecule has 1 unspecified atom stereocenters. The second-order valence-electron chi connectivity index (χ2n) is 4.54. The van der Waals surface area contributed by atoms with Crippen molar-refractivity contribution in [2.75, 3.05) is 18.5 Å². The zero-order chi connectivity index (χ0) is 12.8. The average Bonchev–Trinajstić information content (AvgIpc) is 2.73. The summed E-state index contributed by atoms with van der Waals surface area (Å²) in [4.78, 5) is 13.6. The summed E-state index contributed by atoms with van der Waals surface area (Å²) >= 11 is 6.07. The van der Waals surface area contributed by atoms with E-state index in [4.69, 9.17) is 16.1 Å². The van der Waals surface area contributed by atoms with Gasteiger partial charge in [-0.25, -0.2) is 9.69 Å². The van der Waals surface area contributed by atoms with Gasteiger partial charge >= 0.3 is 6.03 Å². The molecule has 1 atom stereocenters. The highest BCUT2D eigenvalue weighted by Gasteiger charge is 2.37. The Morgan fingerprint density at radius 1 is 1.65 bits per heavy atom. The number of hydrogen-bond donors (Lipinski definition) is 1. The number of urea groups is 1. The van der Waals surface area contributed by atoms with E-state index in [1.165, 1.54) is 9.80 Å². The van der Waals surface area contributed by atoms with Gasteiger partial charge < -0.3 is 14.5 Å². The first kappa shape index (κ1) is 12.2. The Bertz CT molecular complexity index is 440. The minimum Gasteiger partial charge on any atom is -0.371 e. The summed E-state index contributed by atoms with van der Waals surface area (Å²) in [7, 11) is 1.61. The van der Waals surface area contributed by atoms with Crippen molar-refractivity contribution in [2.45, 2.75) is 24.9 Å². The number of rotatable bonds is 2. The summed E-state index contributed by atoms with van der Waals surface area (Å²) in [6.07, 6.45) is -0.913. The van der Waals surface area contributed by atoms with Gasteiger partial charge in [0.25, 0.3) is 0 Å². The molecule has 0 aliphatic carbocycles. The number of likely N-dealkylation sites (N-methyl/N-ethyl adjacent to an activating group) is 1. The molecule has 2 heterocycles. The molecule has 0 radical (unpaired) electrons. The Morgan fingerprint density at radius 2 is 2.29 bits per heavy atom. The molecule has 0 spiro atoms. The fraction of sp³-hybridized carbons (Fsp3) is 0.600. The van der Waals surface area contributed by atoms with E-state index in [2.05, 4.69) is 5.16 Å². The summed E-state index contributed by atoms with van der Waals surface area (Å²) in [5, 5.41) is 13.5. The normalized spacial score (nSPS) is 21.5. The SMILES string of the molecule is CN1CC(O)N(c2cc(C(C)(C)Cl)on2)C1=O. The molecule has 1 N–H and O–H groups in total. The van der Waals surface area contributed by atoms with Gasteiger partial charge in [0.05, 0.1) is 11.4 Å². The van der Waals surface area contributed by atoms with E-state index in [-0.39, 0.29) is 18.4 Å². The van der Waals surface area contributed by atoms with E-state index in [0.717, 1.165) is 0 Å². The zero-order valence-corrected chi connectivity index (χ0v) is 10.6. The first-order valence-corrected chi connectivity index (χ1v) is 5.57. The summed E-state index contributed by atoms with van der Waals surface area (Å²) in [5.41, 5.74) is 0. The molecule has 1 aromatic rings. The fourth-order valence-corrected chi connectivity index (χ4v) is 1.72. The van der Waals surface area contributed by atoms with Crippen LogP contribution in [0, 0.1) is 0 Å². The number of anilines is 1. The second kappa shape index (κ2) is 3.89. The molecule has 2 rings (SSSR count). The van der Waals surface area contributed by atoms with Crippen LogP contribution in [0.5, 0.6) is 0 Å². The number of carbonyl (C=O) groups excluding carboxylic acids is 1. The van der Waals surface area contributed by atoms with Crippen LogP contribution in [0.15, 0.2) is 10.6 Å². The summed E-state index contributed by atoms with van der Waals surface area (Å²) in [6, 6.07) is 1.25. The molecule has 2 amide bonds. The first-order valence-electron chi connectivity index (χ1n) is 5.19. The maximum absolute atomic E-state index is 11.8. The van der Waals surface area contributed by atoms with E-state index < -0.39 is 11.1 Å². The largest absolute Gasteiger partial charge is 0.371 e. The lowest BCUT2D eigenvalue weighted by molar-refractivity contribution is 0.182. The lowest BCUT2D eigenvalue weighted by atomic mass is 10.1. The quantitative estimate of drug-likeness (QED) is 0.814. The third-order valence-electron chi connectivity index (χ3n) is 2.60. The number of aliphatic hydroxyl groups is 1. The monoisotopic (exact) mass is 259 g/mol. The van der Waals surface area contributed by atoms with Crippen molar-refractivity contribution < 1.29 is 14.4 Å². The second-order valence-corrected chi connectivity index (χ2v) is 5.48. The van der Waals surface area contributed by atoms with Gasteiger partial charge in [0, 0.05) is 13.1 Å². The van der Waals surface area contributed by atoms with Gasteiger partial charge in [-0.2, -0.15) is 0 Å². The maximum Gasteiger partial charge on any atom is 0.327 e. The van der Waals surface area contributed by atoms with Gasteiger partial charge in [-0.15, -0.1) is 11.6 Å². The highest BCUT2D eigenvalue weighted by atomic mass is 35.5. The number of carbonyl (C=O) groups is 1. The Balaban J connectivity index is 2.29. The van der Waals surface area contributed by atoms with E-state index in [9.17, 15) is 9.90 Å². The summed E-state index contributed by atoms with van der Waals surface area (Å²) < 4.78 is 5.07. The maximum atomic E-state index is 11.8. The van der Waals surface area contributed by atoms with Crippen LogP contribution in [0.2, 0.25) is 0 Å². The third-order valence-corrected chi connectivity index (χ3v) is 2.78. The molecule has 0 saturated carbocycles. The van der Waals surface area contributed by atoms with Crippen molar-refractivity contribution in [3.63, 3.8) is 0 Å². The van der Waals surface area contributed by atoms with Crippen molar-refractivity contribution in [2.24, 2.45) is 0 Å². The number of alkyl halides is 1. The number of β-amino-alcohol motifs (C(OH)–C–C–N with tert-alkyl or cyclic N) is 1. The lowest BCUT2D eigenvalue weighted by Crippen LogP contribution is -2.34. The van der Waals surface area contributed by atoms with Gasteiger partial charge in [0.2, 0.25) is 0 Å². The molecule has 1 fully saturated rings. The van der Waals surface area contributed by atoms with Crippen LogP contribution < -0.4 is 4.90 Å². The molecule has 7 heteroatoms. The van der Waals surface area contributed by atoms with Crippen molar-refractivity contribution in [1.82, 2.24) is 10.1 Å². The summed E-state index contributed by atoms with van der Waals surface area (Å²) in [5.74, 6) is 0.722. The standard InChI is InChI=1S/C10H14ClN3O3/c1-10(2,11)6-4-7(12-17-6)14-8(15)5-13(3)9(14)16/h4,8,15H,5H2,1-3H3. The molecule has 1 aliphatic heterocycles. The first-order chi connectivity index (χ1) is 7.80. The van der Waals surface area contributed by atoms with E-state index in [1.54, 1.807) is 27.0 Å². The Kier molecular flexibility index (Phi) is 2.79. The number of aliphatic hydroxyl groups excluding tert-OH is 1. The Morgan fingerprint density at radius 3 is 2.71 bits per heavy atom. The molecule has 0 aromatic carbocycles. The smallest absolute Gasteiger partial charge is 0.327 e. The number of aromatic nitrogens is 1. The van der Waals surface area contributed by atoms with Crippen LogP contribution >= 0.6 is 11.6 Å². The minimum absolute atomic E-state index is 0.241. The minimum atomic E-state index is -0.913. The van der Waals surface area contributed by atoms with Gasteiger partial charge in [-0.1, -0.05) is 5.16 Å². The van der Waals surface area contributed by atoms with Crippen LogP contribution in [0.3, 0.4) is 0 Å². The van der Waals surface area contributed by atoms with Crippen molar-refractivity contribution >= 4 is 23.4 Å². The van der Waals surface area contributed by atoms with E-state index in [0.29, 0.717) is 5.76 Å². The molecule has 6 nitrogen and oxygen atoms in total. The molecule has 17 heavy (non-hydrogen) atoms. The number of amides is 2. The van der Waals surface area contributed by atoms with Gasteiger partial charge in [0.1, 0.15) is 0 Å². The fourth-order valence-electron chi connectivity index (χ4n) is 1.63. The predicted molar refractivity (Wildman–Crippen MR) is 61.9 cm³/mol. The van der Waals surface area contributed by atoms with Gasteiger partial charge in [-0.3, -0.25) is 0 Å².